The topological polar surface area (TPSA) is 41.9 Å². The minimum atomic E-state index is -0.520. The van der Waals surface area contributed by atoms with E-state index in [9.17, 15) is 5.11 Å². The molecular formula is C17H26Cl2NO3-. The van der Waals surface area contributed by atoms with Gasteiger partial charge in [-0.05, 0) is 51.0 Å². The molecule has 1 aliphatic heterocycles. The average molecular weight is 363 g/mol. The standard InChI is InChI=1S/C17H26ClNO3.ClH/c1-11-5-16(6-12(2)17(11)18)21-10-15(20)9-19-7-13(3)22-14(4)8-19;/h5-6,13-15,20H,7-10H2,1-4H3;1H/p-1. The fourth-order valence-electron chi connectivity index (χ4n) is 2.97. The van der Waals surface area contributed by atoms with Gasteiger partial charge in [-0.25, -0.2) is 0 Å². The van der Waals surface area contributed by atoms with Crippen LogP contribution in [0.1, 0.15) is 25.0 Å². The van der Waals surface area contributed by atoms with Crippen LogP contribution in [-0.2, 0) is 4.74 Å². The highest BCUT2D eigenvalue weighted by atomic mass is 35.5. The lowest BCUT2D eigenvalue weighted by molar-refractivity contribution is -0.0786. The second-order valence-electron chi connectivity index (χ2n) is 6.31. The van der Waals surface area contributed by atoms with Gasteiger partial charge in [-0.1, -0.05) is 11.6 Å². The highest BCUT2D eigenvalue weighted by Gasteiger charge is 2.23. The van der Waals surface area contributed by atoms with Gasteiger partial charge < -0.3 is 27.0 Å². The van der Waals surface area contributed by atoms with E-state index in [1.165, 1.54) is 0 Å². The molecule has 1 N–H and O–H groups in total. The third kappa shape index (κ3) is 6.12. The molecule has 0 amide bonds. The molecule has 132 valence electrons. The van der Waals surface area contributed by atoms with Gasteiger partial charge in [0, 0.05) is 24.7 Å². The predicted octanol–water partition coefficient (Wildman–Crippen LogP) is -0.190. The first-order chi connectivity index (χ1) is 10.3. The Morgan fingerprint density at radius 2 is 1.78 bits per heavy atom. The molecule has 0 radical (unpaired) electrons. The van der Waals surface area contributed by atoms with Crippen molar-refractivity contribution in [1.82, 2.24) is 4.90 Å². The number of benzene rings is 1. The summed E-state index contributed by atoms with van der Waals surface area (Å²) in [7, 11) is 0. The Morgan fingerprint density at radius 1 is 1.26 bits per heavy atom. The summed E-state index contributed by atoms with van der Waals surface area (Å²) in [4.78, 5) is 2.23. The maximum atomic E-state index is 10.2. The Hall–Kier alpha value is -0.520. The average Bonchev–Trinajstić information content (AvgIpc) is 2.41. The second-order valence-corrected chi connectivity index (χ2v) is 6.69. The van der Waals surface area contributed by atoms with Gasteiger partial charge in [0.25, 0.3) is 0 Å². The molecule has 1 aromatic rings. The molecule has 23 heavy (non-hydrogen) atoms. The van der Waals surface area contributed by atoms with Crippen molar-refractivity contribution in [3.05, 3.63) is 28.3 Å². The van der Waals surface area contributed by atoms with Crippen molar-refractivity contribution in [2.45, 2.75) is 46.0 Å². The highest BCUT2D eigenvalue weighted by Crippen LogP contribution is 2.26. The van der Waals surface area contributed by atoms with Gasteiger partial charge in [-0.2, -0.15) is 0 Å². The Labute approximate surface area is 150 Å². The predicted molar refractivity (Wildman–Crippen MR) is 88.9 cm³/mol. The quantitative estimate of drug-likeness (QED) is 0.788. The number of hydrogen-bond donors (Lipinski definition) is 1. The normalized spacial score (nSPS) is 23.2. The lowest BCUT2D eigenvalue weighted by Crippen LogP contribution is -3.00. The van der Waals surface area contributed by atoms with Crippen molar-refractivity contribution in [3.8, 4) is 5.75 Å². The maximum absolute atomic E-state index is 10.2. The summed E-state index contributed by atoms with van der Waals surface area (Å²) in [5.74, 6) is 0.752. The molecule has 1 fully saturated rings. The number of hydrogen-bond acceptors (Lipinski definition) is 4. The third-order valence-corrected chi connectivity index (χ3v) is 4.41. The number of aliphatic hydroxyl groups is 1. The SMILES string of the molecule is Cc1cc(OCC(O)CN2CC(C)OC(C)C2)cc(C)c1Cl.[Cl-]. The number of aryl methyl sites for hydroxylation is 2. The summed E-state index contributed by atoms with van der Waals surface area (Å²) < 4.78 is 11.4. The molecule has 1 heterocycles. The van der Waals surface area contributed by atoms with E-state index in [1.54, 1.807) is 0 Å². The van der Waals surface area contributed by atoms with E-state index in [-0.39, 0.29) is 31.2 Å². The number of β-amino-alcohol motifs (C(OH)–C–C–N with tert-alkyl or cyclic N) is 1. The Kier molecular flexibility index (Phi) is 8.11. The molecule has 1 aliphatic rings. The Bertz CT molecular complexity index is 480. The van der Waals surface area contributed by atoms with Crippen LogP contribution in [-0.4, -0.2) is 54.6 Å². The van der Waals surface area contributed by atoms with Gasteiger partial charge in [0.05, 0.1) is 12.2 Å². The summed E-state index contributed by atoms with van der Waals surface area (Å²) in [5, 5.41) is 11.0. The van der Waals surface area contributed by atoms with Crippen LogP contribution >= 0.6 is 11.6 Å². The fraction of sp³-hybridized carbons (Fsp3) is 0.647. The Morgan fingerprint density at radius 3 is 2.30 bits per heavy atom. The van der Waals surface area contributed by atoms with Gasteiger partial charge in [0.1, 0.15) is 18.5 Å². The molecule has 2 rings (SSSR count). The van der Waals surface area contributed by atoms with Crippen LogP contribution < -0.4 is 17.1 Å². The first-order valence-corrected chi connectivity index (χ1v) is 8.18. The summed E-state index contributed by atoms with van der Waals surface area (Å²) in [6.45, 7) is 10.6. The lowest BCUT2D eigenvalue weighted by Gasteiger charge is -2.36. The minimum absolute atomic E-state index is 0. The lowest BCUT2D eigenvalue weighted by atomic mass is 10.1. The summed E-state index contributed by atoms with van der Waals surface area (Å²) in [6.07, 6.45) is -0.106. The van der Waals surface area contributed by atoms with E-state index in [2.05, 4.69) is 18.7 Å². The molecule has 4 nitrogen and oxygen atoms in total. The number of halogens is 2. The largest absolute Gasteiger partial charge is 1.00 e. The molecular weight excluding hydrogens is 337 g/mol. The molecule has 3 unspecified atom stereocenters. The highest BCUT2D eigenvalue weighted by molar-refractivity contribution is 6.32. The van der Waals surface area contributed by atoms with Crippen molar-refractivity contribution in [2.24, 2.45) is 0 Å². The van der Waals surface area contributed by atoms with Gasteiger partial charge in [0.2, 0.25) is 0 Å². The number of morpholine rings is 1. The van der Waals surface area contributed by atoms with E-state index < -0.39 is 6.10 Å². The van der Waals surface area contributed by atoms with Crippen molar-refractivity contribution in [1.29, 1.82) is 0 Å². The summed E-state index contributed by atoms with van der Waals surface area (Å²) in [6, 6.07) is 3.81. The molecule has 1 aromatic carbocycles. The third-order valence-electron chi connectivity index (χ3n) is 3.82. The number of aliphatic hydroxyl groups excluding tert-OH is 1. The van der Waals surface area contributed by atoms with Crippen LogP contribution in [0.25, 0.3) is 0 Å². The zero-order valence-corrected chi connectivity index (χ0v) is 15.7. The molecule has 0 saturated carbocycles. The fourth-order valence-corrected chi connectivity index (χ4v) is 3.08. The van der Waals surface area contributed by atoms with Crippen molar-refractivity contribution in [3.63, 3.8) is 0 Å². The minimum Gasteiger partial charge on any atom is -1.00 e. The van der Waals surface area contributed by atoms with Crippen LogP contribution in [0.5, 0.6) is 5.75 Å². The second kappa shape index (κ2) is 9.09. The monoisotopic (exact) mass is 362 g/mol. The van der Waals surface area contributed by atoms with Gasteiger partial charge >= 0.3 is 0 Å². The van der Waals surface area contributed by atoms with Gasteiger partial charge in [0.15, 0.2) is 0 Å². The molecule has 0 aliphatic carbocycles. The van der Waals surface area contributed by atoms with Gasteiger partial charge in [-0.3, -0.25) is 4.90 Å². The summed E-state index contributed by atoms with van der Waals surface area (Å²) in [5.41, 5.74) is 1.98. The smallest absolute Gasteiger partial charge is 0.120 e. The van der Waals surface area contributed by atoms with Crippen LogP contribution in [0.3, 0.4) is 0 Å². The Balaban J connectivity index is 0.00000264. The van der Waals surface area contributed by atoms with Crippen molar-refractivity contribution >= 4 is 11.6 Å². The van der Waals surface area contributed by atoms with Crippen LogP contribution in [0.2, 0.25) is 5.02 Å². The molecule has 1 saturated heterocycles. The zero-order valence-electron chi connectivity index (χ0n) is 14.2. The van der Waals surface area contributed by atoms with E-state index in [4.69, 9.17) is 21.1 Å². The molecule has 6 heteroatoms. The first kappa shape index (κ1) is 20.5. The number of ether oxygens (including phenoxy) is 2. The number of rotatable bonds is 5. The van der Waals surface area contributed by atoms with Gasteiger partial charge in [-0.15, -0.1) is 0 Å². The van der Waals surface area contributed by atoms with Crippen LogP contribution in [0.15, 0.2) is 12.1 Å². The van der Waals surface area contributed by atoms with E-state index in [1.807, 2.05) is 26.0 Å². The zero-order chi connectivity index (χ0) is 16.3. The molecule has 0 aromatic heterocycles. The van der Waals surface area contributed by atoms with Crippen molar-refractivity contribution in [2.75, 3.05) is 26.2 Å². The molecule has 0 spiro atoms. The molecule has 3 atom stereocenters. The molecule has 0 bridgehead atoms. The van der Waals surface area contributed by atoms with Crippen LogP contribution in [0.4, 0.5) is 0 Å². The maximum Gasteiger partial charge on any atom is 0.120 e. The van der Waals surface area contributed by atoms with E-state index in [0.717, 1.165) is 35.0 Å². The van der Waals surface area contributed by atoms with E-state index >= 15 is 0 Å². The number of nitrogens with zero attached hydrogens (tertiary/aromatic N) is 1. The summed E-state index contributed by atoms with van der Waals surface area (Å²) >= 11 is 6.15. The van der Waals surface area contributed by atoms with Crippen molar-refractivity contribution < 1.29 is 27.0 Å². The first-order valence-electron chi connectivity index (χ1n) is 7.80. The van der Waals surface area contributed by atoms with E-state index in [0.29, 0.717) is 6.54 Å². The van der Waals surface area contributed by atoms with Crippen LogP contribution in [0, 0.1) is 13.8 Å².